The summed E-state index contributed by atoms with van der Waals surface area (Å²) >= 11 is 6.22. The monoisotopic (exact) mass is 270 g/mol. The molecule has 0 aromatic heterocycles. The van der Waals surface area contributed by atoms with E-state index in [9.17, 15) is 0 Å². The molecule has 0 aliphatic heterocycles. The van der Waals surface area contributed by atoms with Gasteiger partial charge in [-0.1, -0.05) is 25.4 Å². The molecule has 0 saturated carbocycles. The molecule has 2 nitrogen and oxygen atoms in total. The molecule has 1 aromatic rings. The lowest BCUT2D eigenvalue weighted by Crippen LogP contribution is -2.01. The first-order valence-electron chi connectivity index (χ1n) is 6.60. The van der Waals surface area contributed by atoms with Crippen LogP contribution in [0.25, 0.3) is 0 Å². The average molecular weight is 271 g/mol. The molecule has 0 fully saturated rings. The summed E-state index contributed by atoms with van der Waals surface area (Å²) in [5.74, 6) is 1.32. The molecule has 0 aliphatic rings. The predicted molar refractivity (Wildman–Crippen MR) is 76.7 cm³/mol. The van der Waals surface area contributed by atoms with Gasteiger partial charge in [-0.05, 0) is 55.4 Å². The quantitative estimate of drug-likeness (QED) is 0.748. The number of aliphatic hydroxyl groups is 1. The van der Waals surface area contributed by atoms with E-state index in [0.29, 0.717) is 12.5 Å². The van der Waals surface area contributed by atoms with E-state index in [1.807, 2.05) is 19.1 Å². The number of hydrogen-bond acceptors (Lipinski definition) is 2. The molecule has 0 spiro atoms. The smallest absolute Gasteiger partial charge is 0.122 e. The molecule has 18 heavy (non-hydrogen) atoms. The van der Waals surface area contributed by atoms with Crippen molar-refractivity contribution < 1.29 is 9.84 Å². The summed E-state index contributed by atoms with van der Waals surface area (Å²) in [6.07, 6.45) is 2.82. The number of ether oxygens (including phenoxy) is 1. The summed E-state index contributed by atoms with van der Waals surface area (Å²) < 4.78 is 5.79. The molecule has 0 heterocycles. The van der Waals surface area contributed by atoms with Crippen LogP contribution in [-0.4, -0.2) is 18.3 Å². The lowest BCUT2D eigenvalue weighted by molar-refractivity contribution is 0.265. The molecule has 0 unspecified atom stereocenters. The van der Waals surface area contributed by atoms with Crippen molar-refractivity contribution in [2.24, 2.45) is 0 Å². The Labute approximate surface area is 115 Å². The molecular formula is C15H23ClO2. The second-order valence-corrected chi connectivity index (χ2v) is 5.33. The fraction of sp³-hybridized carbons (Fsp3) is 0.600. The van der Waals surface area contributed by atoms with E-state index in [4.69, 9.17) is 21.4 Å². The van der Waals surface area contributed by atoms with Crippen LogP contribution in [0, 0.1) is 6.92 Å². The Bertz CT molecular complexity index is 375. The van der Waals surface area contributed by atoms with Crippen LogP contribution < -0.4 is 4.74 Å². The van der Waals surface area contributed by atoms with Crippen LogP contribution in [0.5, 0.6) is 5.75 Å². The molecule has 3 heteroatoms. The fourth-order valence-corrected chi connectivity index (χ4v) is 2.28. The second-order valence-electron chi connectivity index (χ2n) is 4.93. The number of rotatable bonds is 7. The van der Waals surface area contributed by atoms with Crippen LogP contribution in [0.15, 0.2) is 12.1 Å². The van der Waals surface area contributed by atoms with Gasteiger partial charge in [-0.15, -0.1) is 0 Å². The number of benzene rings is 1. The first kappa shape index (κ1) is 15.3. The highest BCUT2D eigenvalue weighted by Gasteiger charge is 2.09. The van der Waals surface area contributed by atoms with Crippen molar-refractivity contribution in [2.75, 3.05) is 13.2 Å². The minimum Gasteiger partial charge on any atom is -0.493 e. The third kappa shape index (κ3) is 4.51. The van der Waals surface area contributed by atoms with Crippen molar-refractivity contribution in [2.45, 2.75) is 46.0 Å². The molecule has 1 N–H and O–H groups in total. The summed E-state index contributed by atoms with van der Waals surface area (Å²) in [5.41, 5.74) is 2.21. The molecule has 1 aromatic carbocycles. The molecule has 1 rings (SSSR count). The van der Waals surface area contributed by atoms with Crippen LogP contribution in [0.3, 0.4) is 0 Å². The Morgan fingerprint density at radius 1 is 1.22 bits per heavy atom. The van der Waals surface area contributed by atoms with Gasteiger partial charge < -0.3 is 9.84 Å². The van der Waals surface area contributed by atoms with Gasteiger partial charge >= 0.3 is 0 Å². The maximum absolute atomic E-state index is 8.70. The van der Waals surface area contributed by atoms with Crippen LogP contribution >= 0.6 is 11.6 Å². The summed E-state index contributed by atoms with van der Waals surface area (Å²) in [4.78, 5) is 0. The maximum Gasteiger partial charge on any atom is 0.122 e. The third-order valence-corrected chi connectivity index (χ3v) is 3.30. The fourth-order valence-electron chi connectivity index (χ4n) is 1.84. The van der Waals surface area contributed by atoms with Crippen LogP contribution in [0.4, 0.5) is 0 Å². The predicted octanol–water partition coefficient (Wildman–Crippen LogP) is 4.31. The van der Waals surface area contributed by atoms with Gasteiger partial charge in [0.15, 0.2) is 0 Å². The molecule has 0 atom stereocenters. The first-order valence-corrected chi connectivity index (χ1v) is 6.97. The molecule has 102 valence electrons. The summed E-state index contributed by atoms with van der Waals surface area (Å²) in [6.45, 7) is 7.22. The van der Waals surface area contributed by atoms with E-state index >= 15 is 0 Å². The largest absolute Gasteiger partial charge is 0.493 e. The van der Waals surface area contributed by atoms with E-state index < -0.39 is 0 Å². The summed E-state index contributed by atoms with van der Waals surface area (Å²) in [7, 11) is 0. The van der Waals surface area contributed by atoms with Gasteiger partial charge in [0.2, 0.25) is 0 Å². The van der Waals surface area contributed by atoms with Crippen molar-refractivity contribution in [3.05, 3.63) is 28.3 Å². The van der Waals surface area contributed by atoms with E-state index in [1.54, 1.807) is 0 Å². The van der Waals surface area contributed by atoms with Crippen LogP contribution in [-0.2, 0) is 0 Å². The zero-order chi connectivity index (χ0) is 13.5. The van der Waals surface area contributed by atoms with Gasteiger partial charge in [-0.2, -0.15) is 0 Å². The number of aliphatic hydroxyl groups excluding tert-OH is 1. The zero-order valence-electron chi connectivity index (χ0n) is 11.5. The highest BCUT2D eigenvalue weighted by molar-refractivity contribution is 6.31. The summed E-state index contributed by atoms with van der Waals surface area (Å²) in [6, 6.07) is 4.02. The molecule has 0 aliphatic carbocycles. The van der Waals surface area contributed by atoms with Gasteiger partial charge in [0.25, 0.3) is 0 Å². The normalized spacial score (nSPS) is 11.0. The van der Waals surface area contributed by atoms with Crippen molar-refractivity contribution in [3.8, 4) is 5.75 Å². The topological polar surface area (TPSA) is 29.5 Å². The standard InChI is InChI=1S/C15H23ClO2/c1-11(2)13-10-15(12(3)9-14(13)16)18-8-6-4-5-7-17/h9-11,17H,4-8H2,1-3H3. The number of aryl methyl sites for hydroxylation is 1. The van der Waals surface area contributed by atoms with Crippen LogP contribution in [0.2, 0.25) is 5.02 Å². The SMILES string of the molecule is Cc1cc(Cl)c(C(C)C)cc1OCCCCCO. The number of halogens is 1. The average Bonchev–Trinajstić information content (AvgIpc) is 2.30. The molecule has 0 amide bonds. The summed E-state index contributed by atoms with van der Waals surface area (Å²) in [5, 5.41) is 9.51. The van der Waals surface area contributed by atoms with E-state index in [2.05, 4.69) is 13.8 Å². The maximum atomic E-state index is 8.70. The Morgan fingerprint density at radius 2 is 1.94 bits per heavy atom. The molecule has 0 bridgehead atoms. The molecule has 0 saturated heterocycles. The van der Waals surface area contributed by atoms with E-state index in [0.717, 1.165) is 41.2 Å². The zero-order valence-corrected chi connectivity index (χ0v) is 12.3. The van der Waals surface area contributed by atoms with Gasteiger partial charge in [0, 0.05) is 11.6 Å². The highest BCUT2D eigenvalue weighted by Crippen LogP contribution is 2.31. The highest BCUT2D eigenvalue weighted by atomic mass is 35.5. The minimum absolute atomic E-state index is 0.261. The van der Waals surface area contributed by atoms with Gasteiger partial charge in [-0.3, -0.25) is 0 Å². The Morgan fingerprint density at radius 3 is 2.56 bits per heavy atom. The number of hydrogen-bond donors (Lipinski definition) is 1. The van der Waals surface area contributed by atoms with E-state index in [-0.39, 0.29) is 6.61 Å². The van der Waals surface area contributed by atoms with Crippen LogP contribution in [0.1, 0.15) is 50.2 Å². The Kier molecular flexibility index (Phi) is 6.51. The molecule has 0 radical (unpaired) electrons. The van der Waals surface area contributed by atoms with Gasteiger partial charge in [0.05, 0.1) is 6.61 Å². The second kappa shape index (κ2) is 7.65. The van der Waals surface area contributed by atoms with Crippen molar-refractivity contribution in [1.82, 2.24) is 0 Å². The minimum atomic E-state index is 0.261. The van der Waals surface area contributed by atoms with Gasteiger partial charge in [0.1, 0.15) is 5.75 Å². The van der Waals surface area contributed by atoms with Crippen molar-refractivity contribution in [1.29, 1.82) is 0 Å². The third-order valence-electron chi connectivity index (χ3n) is 2.98. The van der Waals surface area contributed by atoms with E-state index in [1.165, 1.54) is 0 Å². The molecular weight excluding hydrogens is 248 g/mol. The Balaban J connectivity index is 2.62. The first-order chi connectivity index (χ1) is 8.56. The lowest BCUT2D eigenvalue weighted by atomic mass is 10.0. The Hall–Kier alpha value is -0.730. The number of unbranched alkanes of at least 4 members (excludes halogenated alkanes) is 2. The van der Waals surface area contributed by atoms with Crippen molar-refractivity contribution in [3.63, 3.8) is 0 Å². The van der Waals surface area contributed by atoms with Crippen molar-refractivity contribution >= 4 is 11.6 Å². The van der Waals surface area contributed by atoms with Gasteiger partial charge in [-0.25, -0.2) is 0 Å². The lowest BCUT2D eigenvalue weighted by Gasteiger charge is -2.14.